The van der Waals surface area contributed by atoms with Crippen molar-refractivity contribution in [3.05, 3.63) is 5.69 Å². The van der Waals surface area contributed by atoms with Crippen LogP contribution in [0.2, 0.25) is 0 Å². The van der Waals surface area contributed by atoms with Crippen LogP contribution in [0.25, 0.3) is 0 Å². The first-order chi connectivity index (χ1) is 7.47. The molecule has 0 saturated carbocycles. The van der Waals surface area contributed by atoms with Gasteiger partial charge in [-0.2, -0.15) is 5.10 Å². The van der Waals surface area contributed by atoms with Crippen LogP contribution < -0.4 is 11.1 Å². The molecular weight excluding hydrogens is 200 g/mol. The van der Waals surface area contributed by atoms with Crippen molar-refractivity contribution in [2.75, 3.05) is 17.6 Å². The van der Waals surface area contributed by atoms with E-state index in [1.165, 1.54) is 0 Å². The second-order valence-corrected chi connectivity index (χ2v) is 4.77. The molecule has 0 aliphatic rings. The van der Waals surface area contributed by atoms with Crippen LogP contribution in [0.15, 0.2) is 0 Å². The van der Waals surface area contributed by atoms with Crippen LogP contribution in [-0.2, 0) is 6.54 Å². The fraction of sp³-hybridized carbons (Fsp3) is 0.750. The van der Waals surface area contributed by atoms with Crippen molar-refractivity contribution in [3.63, 3.8) is 0 Å². The molecule has 16 heavy (non-hydrogen) atoms. The molecule has 0 aliphatic carbocycles. The second kappa shape index (κ2) is 5.23. The highest BCUT2D eigenvalue weighted by Gasteiger charge is 2.13. The average molecular weight is 224 g/mol. The Bertz CT molecular complexity index is 341. The van der Waals surface area contributed by atoms with Crippen LogP contribution in [0.4, 0.5) is 11.5 Å². The summed E-state index contributed by atoms with van der Waals surface area (Å²) in [5.41, 5.74) is 7.68. The maximum atomic E-state index is 6.00. The van der Waals surface area contributed by atoms with Gasteiger partial charge < -0.3 is 11.1 Å². The van der Waals surface area contributed by atoms with Crippen molar-refractivity contribution in [2.45, 2.75) is 41.2 Å². The van der Waals surface area contributed by atoms with Gasteiger partial charge in [-0.3, -0.25) is 0 Å². The van der Waals surface area contributed by atoms with E-state index in [0.717, 1.165) is 30.3 Å². The number of nitrogens with one attached hydrogen (secondary N) is 1. The number of nitrogen functional groups attached to an aromatic ring is 1. The largest absolute Gasteiger partial charge is 0.394 e. The molecule has 0 aliphatic heterocycles. The lowest BCUT2D eigenvalue weighted by Crippen LogP contribution is -2.18. The Morgan fingerprint density at radius 3 is 2.50 bits per heavy atom. The van der Waals surface area contributed by atoms with Gasteiger partial charge in [-0.15, -0.1) is 0 Å². The van der Waals surface area contributed by atoms with Crippen molar-refractivity contribution >= 4 is 11.5 Å². The van der Waals surface area contributed by atoms with Gasteiger partial charge in [0.2, 0.25) is 0 Å². The normalized spacial score (nSPS) is 13.1. The molecule has 0 fully saturated rings. The van der Waals surface area contributed by atoms with Crippen LogP contribution in [0.5, 0.6) is 0 Å². The lowest BCUT2D eigenvalue weighted by molar-refractivity contribution is 0.438. The first-order valence-corrected chi connectivity index (χ1v) is 6.04. The van der Waals surface area contributed by atoms with Gasteiger partial charge in [-0.05, 0) is 25.7 Å². The third-order valence-electron chi connectivity index (χ3n) is 3.20. The molecule has 1 rings (SSSR count). The Kier molecular flexibility index (Phi) is 4.21. The van der Waals surface area contributed by atoms with Gasteiger partial charge in [-0.25, -0.2) is 4.68 Å². The second-order valence-electron chi connectivity index (χ2n) is 4.77. The predicted octanol–water partition coefficient (Wildman–Crippen LogP) is 2.50. The number of hydrogen-bond acceptors (Lipinski definition) is 3. The van der Waals surface area contributed by atoms with Crippen LogP contribution in [0, 0.1) is 18.8 Å². The molecule has 0 saturated heterocycles. The van der Waals surface area contributed by atoms with E-state index in [9.17, 15) is 0 Å². The van der Waals surface area contributed by atoms with Crippen molar-refractivity contribution in [1.29, 1.82) is 0 Å². The van der Waals surface area contributed by atoms with E-state index in [2.05, 4.69) is 38.1 Å². The zero-order valence-electron chi connectivity index (χ0n) is 11.0. The van der Waals surface area contributed by atoms with Crippen LogP contribution in [0.3, 0.4) is 0 Å². The molecule has 0 aromatic carbocycles. The summed E-state index contributed by atoms with van der Waals surface area (Å²) in [6, 6.07) is 0. The highest BCUT2D eigenvalue weighted by Crippen LogP contribution is 2.23. The van der Waals surface area contributed by atoms with Gasteiger partial charge >= 0.3 is 0 Å². The number of hydrogen-bond donors (Lipinski definition) is 2. The first kappa shape index (κ1) is 12.9. The number of anilines is 2. The molecule has 92 valence electrons. The first-order valence-electron chi connectivity index (χ1n) is 6.04. The third kappa shape index (κ3) is 2.68. The Balaban J connectivity index is 2.73. The number of aromatic nitrogens is 2. The van der Waals surface area contributed by atoms with E-state index in [-0.39, 0.29) is 0 Å². The van der Waals surface area contributed by atoms with E-state index in [0.29, 0.717) is 11.8 Å². The van der Waals surface area contributed by atoms with E-state index in [1.54, 1.807) is 0 Å². The molecule has 1 atom stereocenters. The molecule has 4 heteroatoms. The van der Waals surface area contributed by atoms with Gasteiger partial charge in [0.1, 0.15) is 5.82 Å². The summed E-state index contributed by atoms with van der Waals surface area (Å²) in [6.07, 6.45) is 0. The van der Waals surface area contributed by atoms with Gasteiger partial charge in [0.15, 0.2) is 0 Å². The monoisotopic (exact) mass is 224 g/mol. The minimum atomic E-state index is 0.625. The van der Waals surface area contributed by atoms with Crippen LogP contribution in [0.1, 0.15) is 33.4 Å². The fourth-order valence-corrected chi connectivity index (χ4v) is 1.50. The minimum Gasteiger partial charge on any atom is -0.394 e. The molecule has 0 radical (unpaired) electrons. The fourth-order valence-electron chi connectivity index (χ4n) is 1.50. The molecule has 1 heterocycles. The van der Waals surface area contributed by atoms with Gasteiger partial charge in [0, 0.05) is 13.1 Å². The standard InChI is InChI=1S/C12H24N4/c1-6-16-12(11(13)10(5)15-16)14-7-9(4)8(2)3/h8-9,14H,6-7,13H2,1-5H3. The highest BCUT2D eigenvalue weighted by molar-refractivity contribution is 5.64. The molecule has 1 aromatic heterocycles. The molecule has 0 bridgehead atoms. The number of nitrogens with two attached hydrogens (primary N) is 1. The number of aryl methyl sites for hydroxylation is 2. The summed E-state index contributed by atoms with van der Waals surface area (Å²) in [6.45, 7) is 12.5. The quantitative estimate of drug-likeness (QED) is 0.808. The van der Waals surface area contributed by atoms with Gasteiger partial charge in [-0.1, -0.05) is 20.8 Å². The zero-order valence-corrected chi connectivity index (χ0v) is 11.0. The molecule has 0 spiro atoms. The summed E-state index contributed by atoms with van der Waals surface area (Å²) in [4.78, 5) is 0. The molecule has 3 N–H and O–H groups in total. The van der Waals surface area contributed by atoms with Crippen LogP contribution >= 0.6 is 0 Å². The van der Waals surface area contributed by atoms with Crippen molar-refractivity contribution in [3.8, 4) is 0 Å². The summed E-state index contributed by atoms with van der Waals surface area (Å²) in [7, 11) is 0. The van der Waals surface area contributed by atoms with Gasteiger partial charge in [0.25, 0.3) is 0 Å². The van der Waals surface area contributed by atoms with E-state index in [4.69, 9.17) is 5.73 Å². The van der Waals surface area contributed by atoms with Crippen LogP contribution in [-0.4, -0.2) is 16.3 Å². The highest BCUT2D eigenvalue weighted by atomic mass is 15.3. The maximum absolute atomic E-state index is 6.00. The summed E-state index contributed by atoms with van der Waals surface area (Å²) in [5.74, 6) is 2.26. The van der Waals surface area contributed by atoms with E-state index >= 15 is 0 Å². The number of rotatable bonds is 5. The molecule has 4 nitrogen and oxygen atoms in total. The summed E-state index contributed by atoms with van der Waals surface area (Å²) < 4.78 is 1.93. The van der Waals surface area contributed by atoms with E-state index < -0.39 is 0 Å². The average Bonchev–Trinajstić information content (AvgIpc) is 2.51. The third-order valence-corrected chi connectivity index (χ3v) is 3.20. The van der Waals surface area contributed by atoms with Crippen molar-refractivity contribution in [2.24, 2.45) is 11.8 Å². The van der Waals surface area contributed by atoms with E-state index in [1.807, 2.05) is 11.6 Å². The number of nitrogens with zero attached hydrogens (tertiary/aromatic N) is 2. The lowest BCUT2D eigenvalue weighted by Gasteiger charge is -2.17. The molecular formula is C12H24N4. The summed E-state index contributed by atoms with van der Waals surface area (Å²) in [5, 5.41) is 7.79. The predicted molar refractivity (Wildman–Crippen MR) is 69.5 cm³/mol. The minimum absolute atomic E-state index is 0.625. The lowest BCUT2D eigenvalue weighted by atomic mass is 9.98. The Labute approximate surface area is 98.2 Å². The SMILES string of the molecule is CCn1nc(C)c(N)c1NCC(C)C(C)C. The van der Waals surface area contributed by atoms with Crippen molar-refractivity contribution in [1.82, 2.24) is 9.78 Å². The van der Waals surface area contributed by atoms with Crippen molar-refractivity contribution < 1.29 is 0 Å². The van der Waals surface area contributed by atoms with Gasteiger partial charge in [0.05, 0.1) is 11.4 Å². The summed E-state index contributed by atoms with van der Waals surface area (Å²) >= 11 is 0. The Morgan fingerprint density at radius 1 is 1.38 bits per heavy atom. The smallest absolute Gasteiger partial charge is 0.148 e. The molecule has 1 unspecified atom stereocenters. The maximum Gasteiger partial charge on any atom is 0.148 e. The Morgan fingerprint density at radius 2 is 2.00 bits per heavy atom. The topological polar surface area (TPSA) is 55.9 Å². The Hall–Kier alpha value is -1.19. The molecule has 0 amide bonds. The molecule has 1 aromatic rings. The zero-order chi connectivity index (χ0) is 12.3.